The second-order valence-corrected chi connectivity index (χ2v) is 8.15. The van der Waals surface area contributed by atoms with E-state index in [9.17, 15) is 13.2 Å². The van der Waals surface area contributed by atoms with Gasteiger partial charge in [0.25, 0.3) is 0 Å². The van der Waals surface area contributed by atoms with E-state index in [1.165, 1.54) is 12.1 Å². The fraction of sp³-hybridized carbons (Fsp3) is 0.400. The van der Waals surface area contributed by atoms with Gasteiger partial charge in [-0.1, -0.05) is 22.8 Å². The highest BCUT2D eigenvalue weighted by Crippen LogP contribution is 2.41. The van der Waals surface area contributed by atoms with Crippen molar-refractivity contribution in [2.24, 2.45) is 5.92 Å². The van der Waals surface area contributed by atoms with Gasteiger partial charge in [0.05, 0.1) is 4.90 Å². The van der Waals surface area contributed by atoms with Crippen molar-refractivity contribution in [3.63, 3.8) is 0 Å². The van der Waals surface area contributed by atoms with Crippen molar-refractivity contribution in [2.45, 2.75) is 36.3 Å². The van der Waals surface area contributed by atoms with E-state index in [4.69, 9.17) is 16.1 Å². The lowest BCUT2D eigenvalue weighted by Gasteiger charge is -2.19. The third-order valence-electron chi connectivity index (χ3n) is 3.96. The van der Waals surface area contributed by atoms with Crippen LogP contribution in [0.15, 0.2) is 33.7 Å². The first-order valence-corrected chi connectivity index (χ1v) is 9.12. The first-order chi connectivity index (χ1) is 10.9. The Balaban J connectivity index is 2.09. The van der Waals surface area contributed by atoms with Crippen LogP contribution in [0.2, 0.25) is 5.02 Å². The number of benzene rings is 1. The summed E-state index contributed by atoms with van der Waals surface area (Å²) in [6, 6.07) is 6.05. The largest absolute Gasteiger partial charge is 0.338 e. The molecule has 0 amide bonds. The molecule has 23 heavy (non-hydrogen) atoms. The van der Waals surface area contributed by atoms with Crippen molar-refractivity contribution >= 4 is 27.2 Å². The van der Waals surface area contributed by atoms with Crippen molar-refractivity contribution in [1.82, 2.24) is 10.1 Å². The van der Waals surface area contributed by atoms with E-state index in [2.05, 4.69) is 10.1 Å². The Labute approximate surface area is 138 Å². The van der Waals surface area contributed by atoms with Crippen molar-refractivity contribution < 1.29 is 17.7 Å². The van der Waals surface area contributed by atoms with E-state index in [0.717, 1.165) is 0 Å². The van der Waals surface area contributed by atoms with Gasteiger partial charge >= 0.3 is 0 Å². The van der Waals surface area contributed by atoms with Crippen LogP contribution in [0.1, 0.15) is 36.2 Å². The molecule has 2 unspecified atom stereocenters. The Morgan fingerprint density at radius 1 is 1.39 bits per heavy atom. The Bertz CT molecular complexity index is 847. The second-order valence-electron chi connectivity index (χ2n) is 5.64. The van der Waals surface area contributed by atoms with E-state index in [-0.39, 0.29) is 28.9 Å². The summed E-state index contributed by atoms with van der Waals surface area (Å²) >= 11 is 5.92. The maximum absolute atomic E-state index is 13.1. The number of hydrogen-bond donors (Lipinski definition) is 0. The quantitative estimate of drug-likeness (QED) is 0.838. The lowest BCUT2D eigenvalue weighted by Crippen LogP contribution is -2.22. The zero-order chi connectivity index (χ0) is 16.6. The number of aryl methyl sites for hydroxylation is 1. The number of aromatic nitrogens is 2. The zero-order valence-electron chi connectivity index (χ0n) is 12.4. The highest BCUT2D eigenvalue weighted by molar-refractivity contribution is 7.91. The fourth-order valence-corrected chi connectivity index (χ4v) is 5.12. The molecule has 3 rings (SSSR count). The minimum atomic E-state index is -3.80. The average Bonchev–Trinajstić information content (AvgIpc) is 3.08. The van der Waals surface area contributed by atoms with Crippen molar-refractivity contribution in [3.8, 4) is 0 Å². The van der Waals surface area contributed by atoms with Crippen LogP contribution < -0.4 is 0 Å². The molecular formula is C15H15ClN2O4S. The fourth-order valence-electron chi connectivity index (χ4n) is 2.91. The number of carbonyl (C=O) groups excluding carboxylic acids is 1. The summed E-state index contributed by atoms with van der Waals surface area (Å²) in [5.41, 5.74) is 0. The molecule has 1 aliphatic carbocycles. The minimum Gasteiger partial charge on any atom is -0.338 e. The van der Waals surface area contributed by atoms with Gasteiger partial charge in [0.15, 0.2) is 15.7 Å². The molecular weight excluding hydrogens is 340 g/mol. The molecule has 0 spiro atoms. The smallest absolute Gasteiger partial charge is 0.245 e. The summed E-state index contributed by atoms with van der Waals surface area (Å²) < 4.78 is 31.3. The van der Waals surface area contributed by atoms with Gasteiger partial charge in [-0.25, -0.2) is 8.42 Å². The Kier molecular flexibility index (Phi) is 4.25. The zero-order valence-corrected chi connectivity index (χ0v) is 14.0. The number of sulfone groups is 1. The predicted octanol–water partition coefficient (Wildman–Crippen LogP) is 2.92. The lowest BCUT2D eigenvalue weighted by atomic mass is 10.0. The average molecular weight is 355 g/mol. The highest BCUT2D eigenvalue weighted by Gasteiger charge is 2.43. The van der Waals surface area contributed by atoms with Gasteiger partial charge < -0.3 is 4.52 Å². The van der Waals surface area contributed by atoms with Crippen LogP contribution in [0.4, 0.5) is 0 Å². The molecule has 8 heteroatoms. The van der Waals surface area contributed by atoms with Crippen LogP contribution in [0.5, 0.6) is 0 Å². The van der Waals surface area contributed by atoms with Gasteiger partial charge in [0, 0.05) is 17.9 Å². The summed E-state index contributed by atoms with van der Waals surface area (Å²) in [6.07, 6.45) is 1.07. The van der Waals surface area contributed by atoms with Gasteiger partial charge in [-0.2, -0.15) is 4.98 Å². The van der Waals surface area contributed by atoms with E-state index in [1.54, 1.807) is 19.1 Å². The normalized spacial score (nSPS) is 19.9. The molecule has 1 heterocycles. The minimum absolute atomic E-state index is 0.0298. The third kappa shape index (κ3) is 3.16. The van der Waals surface area contributed by atoms with Crippen molar-refractivity contribution in [2.75, 3.05) is 0 Å². The topological polar surface area (TPSA) is 90.1 Å². The first kappa shape index (κ1) is 16.1. The van der Waals surface area contributed by atoms with E-state index in [1.807, 2.05) is 0 Å². The van der Waals surface area contributed by atoms with Gasteiger partial charge in [0.1, 0.15) is 11.0 Å². The summed E-state index contributed by atoms with van der Waals surface area (Å²) in [7, 11) is -3.80. The summed E-state index contributed by atoms with van der Waals surface area (Å²) in [6.45, 7) is 1.62. The van der Waals surface area contributed by atoms with Crippen molar-refractivity contribution in [1.29, 1.82) is 0 Å². The first-order valence-electron chi connectivity index (χ1n) is 7.19. The van der Waals surface area contributed by atoms with Gasteiger partial charge in [-0.15, -0.1) is 0 Å². The highest BCUT2D eigenvalue weighted by atomic mass is 35.5. The van der Waals surface area contributed by atoms with Crippen molar-refractivity contribution in [3.05, 3.63) is 41.0 Å². The van der Waals surface area contributed by atoms with Gasteiger partial charge in [0.2, 0.25) is 5.89 Å². The third-order valence-corrected chi connectivity index (χ3v) is 6.36. The van der Waals surface area contributed by atoms with E-state index in [0.29, 0.717) is 23.7 Å². The van der Waals surface area contributed by atoms with E-state index >= 15 is 0 Å². The Hall–Kier alpha value is -1.73. The number of rotatable bonds is 4. The maximum atomic E-state index is 13.1. The molecule has 1 aromatic carbocycles. The number of nitrogens with zero attached hydrogens (tertiary/aromatic N) is 2. The molecule has 0 saturated heterocycles. The van der Waals surface area contributed by atoms with Crippen LogP contribution in [0.3, 0.4) is 0 Å². The van der Waals surface area contributed by atoms with Gasteiger partial charge in [-0.05, 0) is 37.5 Å². The van der Waals surface area contributed by atoms with E-state index < -0.39 is 15.1 Å². The summed E-state index contributed by atoms with van der Waals surface area (Å²) in [4.78, 5) is 15.8. The molecule has 0 radical (unpaired) electrons. The van der Waals surface area contributed by atoms with Crippen LogP contribution in [0.25, 0.3) is 0 Å². The molecule has 1 aromatic heterocycles. The number of halogens is 1. The molecule has 1 fully saturated rings. The van der Waals surface area contributed by atoms with Crippen LogP contribution in [-0.2, 0) is 14.6 Å². The number of hydrogen-bond acceptors (Lipinski definition) is 6. The molecule has 1 aliphatic rings. The standard InChI is InChI=1S/C15H15ClN2O4S/c1-9-17-15(22-18-9)14(10-5-6-12(19)7-10)23(20,21)13-4-2-3-11(16)8-13/h2-4,8,10,14H,5-7H2,1H3. The predicted molar refractivity (Wildman–Crippen MR) is 82.8 cm³/mol. The van der Waals surface area contributed by atoms with Crippen LogP contribution in [-0.4, -0.2) is 24.3 Å². The molecule has 2 aromatic rings. The summed E-state index contributed by atoms with van der Waals surface area (Å²) in [5.74, 6) is 0.0710. The molecule has 2 atom stereocenters. The molecule has 0 N–H and O–H groups in total. The molecule has 0 aliphatic heterocycles. The van der Waals surface area contributed by atoms with Crippen LogP contribution >= 0.6 is 11.6 Å². The Morgan fingerprint density at radius 3 is 2.74 bits per heavy atom. The van der Waals surface area contributed by atoms with Gasteiger partial charge in [-0.3, -0.25) is 4.79 Å². The maximum Gasteiger partial charge on any atom is 0.245 e. The molecule has 1 saturated carbocycles. The molecule has 0 bridgehead atoms. The number of Topliss-reactive ketones (excluding diaryl/α,β-unsaturated/α-hetero) is 1. The molecule has 6 nitrogen and oxygen atoms in total. The lowest BCUT2D eigenvalue weighted by molar-refractivity contribution is -0.117. The summed E-state index contributed by atoms with van der Waals surface area (Å²) in [5, 5.41) is 2.99. The Morgan fingerprint density at radius 2 is 2.17 bits per heavy atom. The SMILES string of the molecule is Cc1noc(C(C2CCC(=O)C2)S(=O)(=O)c2cccc(Cl)c2)n1. The monoisotopic (exact) mass is 354 g/mol. The molecule has 122 valence electrons. The second kappa shape index (κ2) is 6.05. The number of carbonyl (C=O) groups is 1. The van der Waals surface area contributed by atoms with Crippen LogP contribution in [0, 0.1) is 12.8 Å². The number of ketones is 1.